The molecule has 0 aliphatic carbocycles. The second kappa shape index (κ2) is 6.41. The Labute approximate surface area is 148 Å². The van der Waals surface area contributed by atoms with Crippen LogP contribution in [0.5, 0.6) is 0 Å². The lowest BCUT2D eigenvalue weighted by molar-refractivity contribution is 0.0953. The van der Waals surface area contributed by atoms with E-state index < -0.39 is 5.82 Å². The molecule has 0 atom stereocenters. The molecular weight excluding hydrogens is 431 g/mol. The van der Waals surface area contributed by atoms with Crippen molar-refractivity contribution in [2.45, 2.75) is 0 Å². The molecule has 118 valence electrons. The van der Waals surface area contributed by atoms with Gasteiger partial charge in [0, 0.05) is 22.0 Å². The zero-order valence-electron chi connectivity index (χ0n) is 11.8. The van der Waals surface area contributed by atoms with Gasteiger partial charge < -0.3 is 10.2 Å². The average Bonchev–Trinajstić information content (AvgIpc) is 2.65. The molecule has 0 bridgehead atoms. The molecule has 2 aromatic rings. The van der Waals surface area contributed by atoms with Gasteiger partial charge in [0.15, 0.2) is 0 Å². The minimum atomic E-state index is -0.427. The van der Waals surface area contributed by atoms with Gasteiger partial charge >= 0.3 is 0 Å². The second-order valence-corrected chi connectivity index (χ2v) is 6.77. The maximum atomic E-state index is 13.2. The number of nitrogens with one attached hydrogen (secondary N) is 1. The SMILES string of the molecule is O=C1NCCN(C(=O)c2ccc(F)cc2Br)c2cc(Br)ccc21. The van der Waals surface area contributed by atoms with E-state index in [0.717, 1.165) is 4.47 Å². The molecular formula is C16H11Br2FN2O2. The monoisotopic (exact) mass is 440 g/mol. The highest BCUT2D eigenvalue weighted by Gasteiger charge is 2.27. The fraction of sp³-hybridized carbons (Fsp3) is 0.125. The molecule has 23 heavy (non-hydrogen) atoms. The van der Waals surface area contributed by atoms with E-state index in [1.54, 1.807) is 18.2 Å². The molecule has 3 rings (SSSR count). The van der Waals surface area contributed by atoms with Gasteiger partial charge in [-0.1, -0.05) is 15.9 Å². The first kappa shape index (κ1) is 16.1. The van der Waals surface area contributed by atoms with Crippen molar-refractivity contribution in [3.63, 3.8) is 0 Å². The van der Waals surface area contributed by atoms with Crippen LogP contribution in [0.25, 0.3) is 0 Å². The number of carbonyl (C=O) groups excluding carboxylic acids is 2. The summed E-state index contributed by atoms with van der Waals surface area (Å²) in [4.78, 5) is 26.5. The predicted octanol–water partition coefficient (Wildman–Crippen LogP) is 3.74. The summed E-state index contributed by atoms with van der Waals surface area (Å²) in [5, 5.41) is 2.76. The fourth-order valence-electron chi connectivity index (χ4n) is 2.44. The number of amides is 2. The number of rotatable bonds is 1. The van der Waals surface area contributed by atoms with Crippen molar-refractivity contribution >= 4 is 49.4 Å². The first-order valence-corrected chi connectivity index (χ1v) is 8.40. The third-order valence-corrected chi connectivity index (χ3v) is 4.67. The van der Waals surface area contributed by atoms with Gasteiger partial charge in [-0.05, 0) is 52.3 Å². The van der Waals surface area contributed by atoms with Crippen LogP contribution in [-0.4, -0.2) is 24.9 Å². The highest BCUT2D eigenvalue weighted by Crippen LogP contribution is 2.29. The Hall–Kier alpha value is -1.73. The standard InChI is InChI=1S/C16H11Br2FN2O2/c17-9-1-3-12-14(7-9)21(6-5-20-15(12)22)16(23)11-4-2-10(19)8-13(11)18/h1-4,7-8H,5-6H2,(H,20,22). The summed E-state index contributed by atoms with van der Waals surface area (Å²) in [6.45, 7) is 0.674. The topological polar surface area (TPSA) is 49.4 Å². The molecule has 2 aromatic carbocycles. The van der Waals surface area contributed by atoms with Gasteiger partial charge in [0.25, 0.3) is 11.8 Å². The molecule has 0 fully saturated rings. The van der Waals surface area contributed by atoms with Crippen molar-refractivity contribution in [2.24, 2.45) is 0 Å². The molecule has 0 radical (unpaired) electrons. The van der Waals surface area contributed by atoms with Crippen LogP contribution in [-0.2, 0) is 0 Å². The van der Waals surface area contributed by atoms with E-state index in [0.29, 0.717) is 34.4 Å². The normalized spacial score (nSPS) is 14.0. The maximum Gasteiger partial charge on any atom is 0.259 e. The Morgan fingerprint density at radius 1 is 1.17 bits per heavy atom. The van der Waals surface area contributed by atoms with E-state index in [9.17, 15) is 14.0 Å². The van der Waals surface area contributed by atoms with Crippen molar-refractivity contribution in [3.05, 3.63) is 62.3 Å². The van der Waals surface area contributed by atoms with Crippen LogP contribution in [0, 0.1) is 5.82 Å². The highest BCUT2D eigenvalue weighted by molar-refractivity contribution is 9.10. The van der Waals surface area contributed by atoms with Gasteiger partial charge in [-0.2, -0.15) is 0 Å². The third-order valence-electron chi connectivity index (χ3n) is 3.52. The Kier molecular flexibility index (Phi) is 4.50. The first-order chi connectivity index (χ1) is 11.0. The Morgan fingerprint density at radius 2 is 1.96 bits per heavy atom. The van der Waals surface area contributed by atoms with Crippen LogP contribution in [0.2, 0.25) is 0 Å². The highest BCUT2D eigenvalue weighted by atomic mass is 79.9. The minimum absolute atomic E-state index is 0.221. The van der Waals surface area contributed by atoms with E-state index in [-0.39, 0.29) is 11.8 Å². The lowest BCUT2D eigenvalue weighted by Gasteiger charge is -2.23. The Balaban J connectivity index is 2.08. The van der Waals surface area contributed by atoms with Gasteiger partial charge in [-0.25, -0.2) is 4.39 Å². The summed E-state index contributed by atoms with van der Waals surface area (Å²) in [6, 6.07) is 9.06. The molecule has 1 heterocycles. The minimum Gasteiger partial charge on any atom is -0.350 e. The quantitative estimate of drug-likeness (QED) is 0.732. The summed E-state index contributed by atoms with van der Waals surface area (Å²) < 4.78 is 14.4. The number of hydrogen-bond donors (Lipinski definition) is 1. The van der Waals surface area contributed by atoms with Gasteiger partial charge in [0.05, 0.1) is 16.8 Å². The summed E-state index contributed by atoms with van der Waals surface area (Å²) in [5.41, 5.74) is 1.29. The summed E-state index contributed by atoms with van der Waals surface area (Å²) in [7, 11) is 0. The van der Waals surface area contributed by atoms with Crippen LogP contribution < -0.4 is 10.2 Å². The van der Waals surface area contributed by atoms with Crippen LogP contribution in [0.15, 0.2) is 45.3 Å². The van der Waals surface area contributed by atoms with Crippen LogP contribution in [0.3, 0.4) is 0 Å². The molecule has 1 N–H and O–H groups in total. The van der Waals surface area contributed by atoms with E-state index >= 15 is 0 Å². The zero-order chi connectivity index (χ0) is 16.6. The van der Waals surface area contributed by atoms with E-state index in [1.807, 2.05) is 0 Å². The number of carbonyl (C=O) groups is 2. The molecule has 0 spiro atoms. The number of anilines is 1. The van der Waals surface area contributed by atoms with Gasteiger partial charge in [-0.15, -0.1) is 0 Å². The summed E-state index contributed by atoms with van der Waals surface area (Å²) in [5.74, 6) is -0.946. The molecule has 2 amide bonds. The summed E-state index contributed by atoms with van der Waals surface area (Å²) in [6.07, 6.45) is 0. The number of benzene rings is 2. The predicted molar refractivity (Wildman–Crippen MR) is 92.3 cm³/mol. The summed E-state index contributed by atoms with van der Waals surface area (Å²) >= 11 is 6.59. The van der Waals surface area contributed by atoms with Crippen molar-refractivity contribution in [3.8, 4) is 0 Å². The van der Waals surface area contributed by atoms with Gasteiger partial charge in [0.2, 0.25) is 0 Å². The molecule has 1 aliphatic heterocycles. The molecule has 0 saturated carbocycles. The van der Waals surface area contributed by atoms with Crippen molar-refractivity contribution in [2.75, 3.05) is 18.0 Å². The molecule has 7 heteroatoms. The maximum absolute atomic E-state index is 13.2. The van der Waals surface area contributed by atoms with Gasteiger partial charge in [-0.3, -0.25) is 9.59 Å². The smallest absolute Gasteiger partial charge is 0.259 e. The van der Waals surface area contributed by atoms with E-state index in [2.05, 4.69) is 37.2 Å². The van der Waals surface area contributed by atoms with Crippen LogP contribution in [0.1, 0.15) is 20.7 Å². The van der Waals surface area contributed by atoms with E-state index in [4.69, 9.17) is 0 Å². The largest absolute Gasteiger partial charge is 0.350 e. The van der Waals surface area contributed by atoms with Crippen molar-refractivity contribution < 1.29 is 14.0 Å². The van der Waals surface area contributed by atoms with Crippen LogP contribution in [0.4, 0.5) is 10.1 Å². The number of hydrogen-bond acceptors (Lipinski definition) is 2. The zero-order valence-corrected chi connectivity index (χ0v) is 14.9. The molecule has 1 aliphatic rings. The average molecular weight is 442 g/mol. The lowest BCUT2D eigenvalue weighted by atomic mass is 10.1. The third kappa shape index (κ3) is 3.16. The van der Waals surface area contributed by atoms with Gasteiger partial charge in [0.1, 0.15) is 5.82 Å². The van der Waals surface area contributed by atoms with Crippen LogP contribution >= 0.6 is 31.9 Å². The number of halogens is 3. The van der Waals surface area contributed by atoms with E-state index in [1.165, 1.54) is 23.1 Å². The lowest BCUT2D eigenvalue weighted by Crippen LogP contribution is -2.35. The molecule has 0 aromatic heterocycles. The first-order valence-electron chi connectivity index (χ1n) is 6.82. The second-order valence-electron chi connectivity index (χ2n) is 5.00. The fourth-order valence-corrected chi connectivity index (χ4v) is 3.31. The Bertz CT molecular complexity index is 811. The number of fused-ring (bicyclic) bond motifs is 1. The van der Waals surface area contributed by atoms with Crippen molar-refractivity contribution in [1.82, 2.24) is 5.32 Å². The molecule has 0 saturated heterocycles. The van der Waals surface area contributed by atoms with Crippen molar-refractivity contribution in [1.29, 1.82) is 0 Å². The Morgan fingerprint density at radius 3 is 2.70 bits per heavy atom. The number of nitrogens with zero attached hydrogens (tertiary/aromatic N) is 1. The molecule has 4 nitrogen and oxygen atoms in total. The molecule has 0 unspecified atom stereocenters.